The van der Waals surface area contributed by atoms with Crippen LogP contribution < -0.4 is 10.0 Å². The third-order valence-corrected chi connectivity index (χ3v) is 6.00. The zero-order chi connectivity index (χ0) is 15.9. The molecule has 1 aromatic rings. The summed E-state index contributed by atoms with van der Waals surface area (Å²) in [6, 6.07) is 6.69. The van der Waals surface area contributed by atoms with Crippen molar-refractivity contribution in [3.05, 3.63) is 24.3 Å². The van der Waals surface area contributed by atoms with Gasteiger partial charge in [0.2, 0.25) is 10.0 Å². The Kier molecular flexibility index (Phi) is 7.34. The second kappa shape index (κ2) is 8.51. The van der Waals surface area contributed by atoms with Crippen LogP contribution in [-0.4, -0.2) is 37.2 Å². The van der Waals surface area contributed by atoms with E-state index >= 15 is 0 Å². The molecule has 0 aliphatic heterocycles. The zero-order valence-corrected chi connectivity index (χ0v) is 14.4. The van der Waals surface area contributed by atoms with Gasteiger partial charge in [-0.15, -0.1) is 0 Å². The second-order valence-electron chi connectivity index (χ2n) is 4.95. The lowest BCUT2D eigenvalue weighted by molar-refractivity contribution is 0.578. The number of benzene rings is 1. The van der Waals surface area contributed by atoms with Crippen LogP contribution in [0.25, 0.3) is 0 Å². The lowest BCUT2D eigenvalue weighted by Crippen LogP contribution is -2.27. The highest BCUT2D eigenvalue weighted by Gasteiger charge is 2.14. The summed E-state index contributed by atoms with van der Waals surface area (Å²) in [5.74, 6) is 0. The third kappa shape index (κ3) is 6.15. The van der Waals surface area contributed by atoms with Gasteiger partial charge < -0.3 is 5.32 Å². The number of nitrogens with one attached hydrogen (secondary N) is 2. The Bertz CT molecular complexity index is 556. The maximum atomic E-state index is 12.1. The highest BCUT2D eigenvalue weighted by molar-refractivity contribution is 7.89. The van der Waals surface area contributed by atoms with Crippen LogP contribution >= 0.6 is 0 Å². The zero-order valence-electron chi connectivity index (χ0n) is 12.8. The summed E-state index contributed by atoms with van der Waals surface area (Å²) in [6.07, 6.45) is 3.19. The molecule has 5 nitrogen and oxygen atoms in total. The van der Waals surface area contributed by atoms with E-state index in [4.69, 9.17) is 0 Å². The summed E-state index contributed by atoms with van der Waals surface area (Å²) >= 11 is 0. The minimum atomic E-state index is -3.50. The second-order valence-corrected chi connectivity index (χ2v) is 8.52. The van der Waals surface area contributed by atoms with Crippen molar-refractivity contribution in [3.63, 3.8) is 0 Å². The topological polar surface area (TPSA) is 75.3 Å². The first-order chi connectivity index (χ1) is 9.86. The molecule has 1 rings (SSSR count). The molecule has 0 aliphatic carbocycles. The number of hydrogen-bond acceptors (Lipinski definition) is 4. The van der Waals surface area contributed by atoms with Gasteiger partial charge in [-0.2, -0.15) is 0 Å². The Labute approximate surface area is 130 Å². The van der Waals surface area contributed by atoms with E-state index < -0.39 is 20.8 Å². The van der Waals surface area contributed by atoms with Gasteiger partial charge in [0.05, 0.1) is 4.90 Å². The first-order valence-electron chi connectivity index (χ1n) is 7.02. The molecule has 0 saturated carbocycles. The van der Waals surface area contributed by atoms with Crippen molar-refractivity contribution in [2.24, 2.45) is 0 Å². The molecule has 0 bridgehead atoms. The quantitative estimate of drug-likeness (QED) is 0.725. The van der Waals surface area contributed by atoms with Crippen LogP contribution in [-0.2, 0) is 20.8 Å². The lowest BCUT2D eigenvalue weighted by Gasteiger charge is -2.11. The first-order valence-corrected chi connectivity index (χ1v) is 10.1. The predicted octanol–water partition coefficient (Wildman–Crippen LogP) is 1.94. The minimum Gasteiger partial charge on any atom is -0.385 e. The highest BCUT2D eigenvalue weighted by Crippen LogP contribution is 2.14. The largest absolute Gasteiger partial charge is 0.385 e. The summed E-state index contributed by atoms with van der Waals surface area (Å²) in [4.78, 5) is 0.245. The van der Waals surface area contributed by atoms with Crippen LogP contribution in [0.2, 0.25) is 0 Å². The average Bonchev–Trinajstić information content (AvgIpc) is 2.45. The van der Waals surface area contributed by atoms with Crippen LogP contribution in [0.15, 0.2) is 29.2 Å². The van der Waals surface area contributed by atoms with Crippen molar-refractivity contribution < 1.29 is 12.6 Å². The minimum absolute atomic E-state index is 0.0201. The van der Waals surface area contributed by atoms with Crippen LogP contribution in [0, 0.1) is 0 Å². The average molecular weight is 332 g/mol. The van der Waals surface area contributed by atoms with Gasteiger partial charge in [0, 0.05) is 41.1 Å². The van der Waals surface area contributed by atoms with E-state index in [1.165, 1.54) is 0 Å². The molecular weight excluding hydrogens is 308 g/mol. The summed E-state index contributed by atoms with van der Waals surface area (Å²) in [5, 5.41) is 3.17. The number of anilines is 1. The third-order valence-electron chi connectivity index (χ3n) is 3.15. The first kappa shape index (κ1) is 18.1. The fourth-order valence-corrected chi connectivity index (χ4v) is 3.16. The van der Waals surface area contributed by atoms with E-state index in [0.717, 1.165) is 18.7 Å². The molecule has 2 atom stereocenters. The fourth-order valence-electron chi connectivity index (χ4n) is 1.67. The van der Waals surface area contributed by atoms with Crippen LogP contribution in [0.3, 0.4) is 0 Å². The number of hydrogen-bond donors (Lipinski definition) is 2. The van der Waals surface area contributed by atoms with Crippen molar-refractivity contribution in [2.45, 2.75) is 36.8 Å². The number of rotatable bonds is 9. The maximum Gasteiger partial charge on any atom is 0.240 e. The van der Waals surface area contributed by atoms with Crippen molar-refractivity contribution >= 4 is 26.5 Å². The molecule has 0 aliphatic rings. The Morgan fingerprint density at radius 2 is 1.81 bits per heavy atom. The van der Waals surface area contributed by atoms with Crippen LogP contribution in [0.5, 0.6) is 0 Å². The van der Waals surface area contributed by atoms with E-state index in [1.807, 2.05) is 6.92 Å². The van der Waals surface area contributed by atoms with Gasteiger partial charge in [-0.1, -0.05) is 13.8 Å². The predicted molar refractivity (Wildman–Crippen MR) is 88.6 cm³/mol. The molecule has 0 aromatic heterocycles. The molecule has 2 unspecified atom stereocenters. The summed E-state index contributed by atoms with van der Waals surface area (Å²) in [7, 11) is -4.43. The van der Waals surface area contributed by atoms with Crippen LogP contribution in [0.1, 0.15) is 26.7 Å². The molecule has 0 spiro atoms. The molecule has 0 fully saturated rings. The van der Waals surface area contributed by atoms with E-state index in [1.54, 1.807) is 30.5 Å². The molecule has 0 heterocycles. The normalized spacial score (nSPS) is 14.6. The Hall–Kier alpha value is -0.920. The number of sulfonamides is 1. The Morgan fingerprint density at radius 3 is 2.33 bits per heavy atom. The van der Waals surface area contributed by atoms with E-state index in [-0.39, 0.29) is 10.1 Å². The van der Waals surface area contributed by atoms with Gasteiger partial charge in [0.25, 0.3) is 0 Å². The summed E-state index contributed by atoms with van der Waals surface area (Å²) in [6.45, 7) is 5.06. The summed E-state index contributed by atoms with van der Waals surface area (Å²) in [5.41, 5.74) is 0.908. The van der Waals surface area contributed by atoms with Gasteiger partial charge in [0.1, 0.15) is 0 Å². The molecule has 0 amide bonds. The van der Waals surface area contributed by atoms with Crippen LogP contribution in [0.4, 0.5) is 5.69 Å². The maximum absolute atomic E-state index is 12.1. The standard InChI is InChI=1S/C14H24N2O3S2/c1-4-10-15-13-5-7-14(8-6-13)21(18,19)16-11-9-12(2)20(3)17/h5-8,12,15-16H,4,9-11H2,1-3H3. The van der Waals surface area contributed by atoms with Gasteiger partial charge in [0.15, 0.2) is 0 Å². The SMILES string of the molecule is CCCNc1ccc(S(=O)(=O)NCCC(C)S(C)=O)cc1. The van der Waals surface area contributed by atoms with E-state index in [0.29, 0.717) is 13.0 Å². The van der Waals surface area contributed by atoms with Gasteiger partial charge in [-0.05, 0) is 37.1 Å². The van der Waals surface area contributed by atoms with E-state index in [2.05, 4.69) is 17.0 Å². The molecule has 21 heavy (non-hydrogen) atoms. The fraction of sp³-hybridized carbons (Fsp3) is 0.571. The van der Waals surface area contributed by atoms with Gasteiger partial charge in [-0.25, -0.2) is 13.1 Å². The molecule has 0 radical (unpaired) electrons. The molecule has 0 saturated heterocycles. The molecule has 7 heteroatoms. The van der Waals surface area contributed by atoms with Crippen molar-refractivity contribution in [1.82, 2.24) is 4.72 Å². The molecule has 120 valence electrons. The van der Waals surface area contributed by atoms with Gasteiger partial charge in [-0.3, -0.25) is 4.21 Å². The van der Waals surface area contributed by atoms with Crippen molar-refractivity contribution in [1.29, 1.82) is 0 Å². The monoisotopic (exact) mass is 332 g/mol. The van der Waals surface area contributed by atoms with Crippen molar-refractivity contribution in [3.8, 4) is 0 Å². The van der Waals surface area contributed by atoms with Gasteiger partial charge >= 0.3 is 0 Å². The molecular formula is C14H24N2O3S2. The molecule has 2 N–H and O–H groups in total. The summed E-state index contributed by atoms with van der Waals surface area (Å²) < 4.78 is 38.0. The Balaban J connectivity index is 2.59. The lowest BCUT2D eigenvalue weighted by atomic mass is 10.3. The smallest absolute Gasteiger partial charge is 0.240 e. The van der Waals surface area contributed by atoms with E-state index in [9.17, 15) is 12.6 Å². The highest BCUT2D eigenvalue weighted by atomic mass is 32.2. The Morgan fingerprint density at radius 1 is 1.19 bits per heavy atom. The van der Waals surface area contributed by atoms with Crippen molar-refractivity contribution in [2.75, 3.05) is 24.7 Å². The molecule has 1 aromatic carbocycles.